The Bertz CT molecular complexity index is 477. The molecule has 0 spiro atoms. The molecule has 0 unspecified atom stereocenters. The molecule has 4 nitrogen and oxygen atoms in total. The van der Waals surface area contributed by atoms with E-state index in [1.165, 1.54) is 5.56 Å². The Morgan fingerprint density at radius 2 is 1.91 bits per heavy atom. The van der Waals surface area contributed by atoms with E-state index >= 15 is 0 Å². The molecule has 0 aliphatic carbocycles. The van der Waals surface area contributed by atoms with Gasteiger partial charge in [-0.15, -0.1) is 0 Å². The van der Waals surface area contributed by atoms with Crippen LogP contribution in [0.3, 0.4) is 0 Å². The fraction of sp³-hybridized carbons (Fsp3) is 0.632. The molecule has 0 aromatic heterocycles. The Labute approximate surface area is 139 Å². The highest BCUT2D eigenvalue weighted by molar-refractivity contribution is 5.94. The Kier molecular flexibility index (Phi) is 7.06. The van der Waals surface area contributed by atoms with Gasteiger partial charge in [0.25, 0.3) is 5.91 Å². The molecule has 1 aromatic carbocycles. The number of nitrogens with zero attached hydrogens (tertiary/aromatic N) is 1. The van der Waals surface area contributed by atoms with Gasteiger partial charge in [-0.3, -0.25) is 9.69 Å². The van der Waals surface area contributed by atoms with Crippen LogP contribution in [0.15, 0.2) is 24.3 Å². The number of hydrogen-bond donors (Lipinski definition) is 2. The summed E-state index contributed by atoms with van der Waals surface area (Å²) in [4.78, 5) is 14.5. The van der Waals surface area contributed by atoms with Gasteiger partial charge in [0.2, 0.25) is 0 Å². The van der Waals surface area contributed by atoms with E-state index in [4.69, 9.17) is 0 Å². The van der Waals surface area contributed by atoms with Crippen molar-refractivity contribution in [3.8, 4) is 0 Å². The van der Waals surface area contributed by atoms with Gasteiger partial charge in [-0.25, -0.2) is 0 Å². The average Bonchev–Trinajstić information content (AvgIpc) is 2.56. The molecule has 1 aliphatic rings. The second-order valence-electron chi connectivity index (χ2n) is 7.04. The minimum Gasteiger partial charge on any atom is -0.396 e. The van der Waals surface area contributed by atoms with Crippen molar-refractivity contribution in [1.29, 1.82) is 0 Å². The number of likely N-dealkylation sites (tertiary alicyclic amines) is 1. The van der Waals surface area contributed by atoms with Crippen molar-refractivity contribution in [2.45, 2.75) is 39.7 Å². The van der Waals surface area contributed by atoms with Gasteiger partial charge in [0, 0.05) is 25.3 Å². The van der Waals surface area contributed by atoms with Gasteiger partial charge in [0.1, 0.15) is 0 Å². The summed E-state index contributed by atoms with van der Waals surface area (Å²) in [5.41, 5.74) is 1.97. The van der Waals surface area contributed by atoms with Crippen LogP contribution in [0, 0.1) is 11.8 Å². The van der Waals surface area contributed by atoms with Crippen LogP contribution in [0.25, 0.3) is 0 Å². The smallest absolute Gasteiger partial charge is 0.251 e. The van der Waals surface area contributed by atoms with Gasteiger partial charge in [-0.2, -0.15) is 0 Å². The molecule has 128 valence electrons. The Morgan fingerprint density at radius 3 is 2.48 bits per heavy atom. The maximum absolute atomic E-state index is 12.1. The largest absolute Gasteiger partial charge is 0.396 e. The maximum Gasteiger partial charge on any atom is 0.251 e. The lowest BCUT2D eigenvalue weighted by atomic mass is 9.97. The molecule has 2 rings (SSSR count). The molecule has 0 radical (unpaired) electrons. The van der Waals surface area contributed by atoms with E-state index in [1.807, 2.05) is 12.1 Å². The maximum atomic E-state index is 12.1. The summed E-state index contributed by atoms with van der Waals surface area (Å²) >= 11 is 0. The lowest BCUT2D eigenvalue weighted by Crippen LogP contribution is -2.34. The second kappa shape index (κ2) is 9.04. The SMILES string of the molecule is CC(C)CCNC(=O)c1ccc(CN2CCC(CO)CC2)cc1. The number of hydrogen-bond acceptors (Lipinski definition) is 3. The first kappa shape index (κ1) is 18.0. The Balaban J connectivity index is 1.79. The van der Waals surface area contributed by atoms with Gasteiger partial charge < -0.3 is 10.4 Å². The molecule has 1 aromatic rings. The lowest BCUT2D eigenvalue weighted by molar-refractivity contribution is 0.0952. The van der Waals surface area contributed by atoms with Gasteiger partial charge in [-0.05, 0) is 61.9 Å². The molecule has 1 fully saturated rings. The van der Waals surface area contributed by atoms with Gasteiger partial charge >= 0.3 is 0 Å². The number of piperidine rings is 1. The van der Waals surface area contributed by atoms with Crippen LogP contribution in [0.1, 0.15) is 49.0 Å². The van der Waals surface area contributed by atoms with Gasteiger partial charge in [-0.1, -0.05) is 26.0 Å². The Hall–Kier alpha value is -1.39. The van der Waals surface area contributed by atoms with Crippen LogP contribution in [-0.2, 0) is 6.54 Å². The predicted octanol–water partition coefficient (Wildman–Crippen LogP) is 2.67. The highest BCUT2D eigenvalue weighted by Gasteiger charge is 2.18. The molecular weight excluding hydrogens is 288 g/mol. The number of rotatable bonds is 7. The van der Waals surface area contributed by atoms with E-state index < -0.39 is 0 Å². The van der Waals surface area contributed by atoms with Crippen LogP contribution in [0.2, 0.25) is 0 Å². The van der Waals surface area contributed by atoms with E-state index in [9.17, 15) is 9.90 Å². The van der Waals surface area contributed by atoms with Crippen molar-refractivity contribution >= 4 is 5.91 Å². The summed E-state index contributed by atoms with van der Waals surface area (Å²) in [6, 6.07) is 7.94. The molecular formula is C19H30N2O2. The first-order valence-corrected chi connectivity index (χ1v) is 8.79. The highest BCUT2D eigenvalue weighted by atomic mass is 16.3. The number of aliphatic hydroxyl groups excluding tert-OH is 1. The third-order valence-corrected chi connectivity index (χ3v) is 4.59. The molecule has 0 saturated carbocycles. The van der Waals surface area contributed by atoms with Crippen LogP contribution in [0.5, 0.6) is 0 Å². The summed E-state index contributed by atoms with van der Waals surface area (Å²) in [5.74, 6) is 1.09. The number of aliphatic hydroxyl groups is 1. The number of nitrogens with one attached hydrogen (secondary N) is 1. The van der Waals surface area contributed by atoms with Crippen LogP contribution in [0.4, 0.5) is 0 Å². The predicted molar refractivity (Wildman–Crippen MR) is 93.3 cm³/mol. The number of benzene rings is 1. The van der Waals surface area contributed by atoms with Crippen molar-refractivity contribution in [3.63, 3.8) is 0 Å². The van der Waals surface area contributed by atoms with Crippen molar-refractivity contribution in [1.82, 2.24) is 10.2 Å². The third-order valence-electron chi connectivity index (χ3n) is 4.59. The summed E-state index contributed by atoms with van der Waals surface area (Å²) in [5, 5.41) is 12.2. The monoisotopic (exact) mass is 318 g/mol. The van der Waals surface area contributed by atoms with Crippen LogP contribution < -0.4 is 5.32 Å². The number of carbonyl (C=O) groups is 1. The molecule has 4 heteroatoms. The van der Waals surface area contributed by atoms with Crippen molar-refractivity contribution in [3.05, 3.63) is 35.4 Å². The summed E-state index contributed by atoms with van der Waals surface area (Å²) in [7, 11) is 0. The normalized spacial score (nSPS) is 16.7. The topological polar surface area (TPSA) is 52.6 Å². The molecule has 23 heavy (non-hydrogen) atoms. The second-order valence-corrected chi connectivity index (χ2v) is 7.04. The summed E-state index contributed by atoms with van der Waals surface area (Å²) in [6.07, 6.45) is 3.16. The van der Waals surface area contributed by atoms with Crippen molar-refractivity contribution < 1.29 is 9.90 Å². The standard InChI is InChI=1S/C19H30N2O2/c1-15(2)7-10-20-19(23)18-5-3-16(4-6-18)13-21-11-8-17(14-22)9-12-21/h3-6,15,17,22H,7-14H2,1-2H3,(H,20,23). The fourth-order valence-electron chi connectivity index (χ4n) is 2.92. The molecule has 1 saturated heterocycles. The first-order chi connectivity index (χ1) is 11.1. The van der Waals surface area contributed by atoms with E-state index in [2.05, 4.69) is 36.2 Å². The minimum atomic E-state index is 0.0148. The summed E-state index contributed by atoms with van der Waals surface area (Å²) < 4.78 is 0. The van der Waals surface area contributed by atoms with Crippen molar-refractivity contribution in [2.24, 2.45) is 11.8 Å². The lowest BCUT2D eigenvalue weighted by Gasteiger charge is -2.31. The molecule has 1 aliphatic heterocycles. The van der Waals surface area contributed by atoms with Crippen LogP contribution in [-0.4, -0.2) is 42.2 Å². The molecule has 1 amide bonds. The summed E-state index contributed by atoms with van der Waals surface area (Å²) in [6.45, 7) is 8.37. The fourth-order valence-corrected chi connectivity index (χ4v) is 2.92. The zero-order chi connectivity index (χ0) is 16.7. The van der Waals surface area contributed by atoms with Gasteiger partial charge in [0.15, 0.2) is 0 Å². The highest BCUT2D eigenvalue weighted by Crippen LogP contribution is 2.18. The third kappa shape index (κ3) is 5.96. The van der Waals surface area contributed by atoms with Crippen LogP contribution >= 0.6 is 0 Å². The average molecular weight is 318 g/mol. The number of carbonyl (C=O) groups excluding carboxylic acids is 1. The minimum absolute atomic E-state index is 0.0148. The zero-order valence-corrected chi connectivity index (χ0v) is 14.4. The quantitative estimate of drug-likeness (QED) is 0.813. The zero-order valence-electron chi connectivity index (χ0n) is 14.4. The first-order valence-electron chi connectivity index (χ1n) is 8.79. The number of amides is 1. The van der Waals surface area contributed by atoms with E-state index in [0.717, 1.165) is 51.0 Å². The molecule has 1 heterocycles. The molecule has 2 N–H and O–H groups in total. The Morgan fingerprint density at radius 1 is 1.26 bits per heavy atom. The van der Waals surface area contributed by atoms with Gasteiger partial charge in [0.05, 0.1) is 0 Å². The molecule has 0 bridgehead atoms. The van der Waals surface area contributed by atoms with E-state index in [1.54, 1.807) is 0 Å². The molecule has 0 atom stereocenters. The van der Waals surface area contributed by atoms with E-state index in [-0.39, 0.29) is 5.91 Å². The van der Waals surface area contributed by atoms with Crippen molar-refractivity contribution in [2.75, 3.05) is 26.2 Å². The van der Waals surface area contributed by atoms with E-state index in [0.29, 0.717) is 18.4 Å².